The van der Waals surface area contributed by atoms with Gasteiger partial charge in [0.2, 0.25) is 11.6 Å². The van der Waals surface area contributed by atoms with Gasteiger partial charge in [0.1, 0.15) is 0 Å². The van der Waals surface area contributed by atoms with E-state index in [1.807, 2.05) is 7.05 Å². The second kappa shape index (κ2) is 9.88. The summed E-state index contributed by atoms with van der Waals surface area (Å²) in [5.74, 6) is -0.249. The van der Waals surface area contributed by atoms with Gasteiger partial charge in [0, 0.05) is 17.6 Å². The molecule has 4 rings (SSSR count). The molecule has 168 valence electrons. The summed E-state index contributed by atoms with van der Waals surface area (Å²) in [6.07, 6.45) is 7.38. The largest absolute Gasteiger partial charge is 0.378 e. The molecule has 0 atom stereocenters. The van der Waals surface area contributed by atoms with Crippen LogP contribution in [0.15, 0.2) is 34.0 Å². The maximum absolute atomic E-state index is 12.9. The summed E-state index contributed by atoms with van der Waals surface area (Å²) < 4.78 is 6.10. The van der Waals surface area contributed by atoms with Crippen LogP contribution < -0.4 is 11.2 Å². The van der Waals surface area contributed by atoms with Crippen LogP contribution in [0.4, 0.5) is 5.82 Å². The van der Waals surface area contributed by atoms with Gasteiger partial charge in [-0.25, -0.2) is 10.1 Å². The van der Waals surface area contributed by atoms with Crippen LogP contribution in [-0.2, 0) is 6.54 Å². The number of hydrogen-bond acceptors (Lipinski definition) is 9. The van der Waals surface area contributed by atoms with Crippen LogP contribution in [0.3, 0.4) is 0 Å². The topological polar surface area (TPSA) is 140 Å². The lowest BCUT2D eigenvalue weighted by molar-refractivity contribution is 0.0947. The lowest BCUT2D eigenvalue weighted by Gasteiger charge is -2.31. The quantitative estimate of drug-likeness (QED) is 0.407. The number of benzene rings is 1. The molecule has 2 heterocycles. The van der Waals surface area contributed by atoms with Gasteiger partial charge >= 0.3 is 0 Å². The fourth-order valence-electron chi connectivity index (χ4n) is 3.78. The monoisotopic (exact) mass is 457 g/mol. The van der Waals surface area contributed by atoms with E-state index in [1.165, 1.54) is 30.2 Å². The maximum atomic E-state index is 12.9. The molecule has 0 unspecified atom stereocenters. The van der Waals surface area contributed by atoms with Crippen molar-refractivity contribution < 1.29 is 9.42 Å². The molecule has 11 nitrogen and oxygen atoms in total. The highest BCUT2D eigenvalue weighted by Crippen LogP contribution is 2.24. The third-order valence-corrected chi connectivity index (χ3v) is 5.77. The predicted octanol–water partition coefficient (Wildman–Crippen LogP) is 2.41. The Morgan fingerprint density at radius 1 is 1.31 bits per heavy atom. The number of nitrogens with two attached hydrogens (primary N) is 1. The molecular weight excluding hydrogens is 434 g/mol. The van der Waals surface area contributed by atoms with Gasteiger partial charge in [0.15, 0.2) is 5.69 Å². The molecule has 12 heteroatoms. The summed E-state index contributed by atoms with van der Waals surface area (Å²) in [6, 6.07) is 7.48. The number of hydrazone groups is 1. The second-order valence-electron chi connectivity index (χ2n) is 7.73. The SMILES string of the molecule is CN(Cc1c(C(=O)N/N=C\c2ccc(Cl)cc2)nnn1-c1nonc1N)C1CCCCC1. The smallest absolute Gasteiger partial charge is 0.293 e. The third-order valence-electron chi connectivity index (χ3n) is 5.52. The minimum atomic E-state index is -0.497. The van der Waals surface area contributed by atoms with Crippen molar-refractivity contribution in [1.29, 1.82) is 0 Å². The van der Waals surface area contributed by atoms with E-state index in [9.17, 15) is 4.79 Å². The van der Waals surface area contributed by atoms with E-state index in [0.717, 1.165) is 18.4 Å². The van der Waals surface area contributed by atoms with Crippen molar-refractivity contribution in [3.8, 4) is 5.82 Å². The number of nitrogens with one attached hydrogen (secondary N) is 1. The van der Waals surface area contributed by atoms with Crippen molar-refractivity contribution in [3.05, 3.63) is 46.2 Å². The van der Waals surface area contributed by atoms with E-state index in [1.54, 1.807) is 24.3 Å². The van der Waals surface area contributed by atoms with Gasteiger partial charge < -0.3 is 5.73 Å². The van der Waals surface area contributed by atoms with Crippen molar-refractivity contribution in [2.75, 3.05) is 12.8 Å². The normalized spacial score (nSPS) is 15.0. The highest BCUT2D eigenvalue weighted by atomic mass is 35.5. The number of amides is 1. The molecule has 3 N–H and O–H groups in total. The molecule has 0 spiro atoms. The van der Waals surface area contributed by atoms with Crippen LogP contribution in [0.5, 0.6) is 0 Å². The molecule has 1 aromatic carbocycles. The van der Waals surface area contributed by atoms with Crippen molar-refractivity contribution >= 4 is 29.5 Å². The van der Waals surface area contributed by atoms with E-state index in [0.29, 0.717) is 23.3 Å². The van der Waals surface area contributed by atoms with Gasteiger partial charge in [-0.2, -0.15) is 9.78 Å². The average Bonchev–Trinajstić information content (AvgIpc) is 3.41. The Hall–Kier alpha value is -3.31. The molecule has 1 aliphatic carbocycles. The van der Waals surface area contributed by atoms with Crippen LogP contribution in [0.1, 0.15) is 53.8 Å². The Labute approximate surface area is 189 Å². The molecule has 0 bridgehead atoms. The molecular formula is C20H24ClN9O2. The molecule has 1 fully saturated rings. The van der Waals surface area contributed by atoms with Gasteiger partial charge in [-0.1, -0.05) is 48.2 Å². The molecule has 0 saturated heterocycles. The van der Waals surface area contributed by atoms with Gasteiger partial charge in [-0.05, 0) is 47.9 Å². The number of carbonyl (C=O) groups is 1. The lowest BCUT2D eigenvalue weighted by atomic mass is 9.94. The van der Waals surface area contributed by atoms with Gasteiger partial charge in [0.25, 0.3) is 5.91 Å². The number of nitrogen functional groups attached to an aromatic ring is 1. The van der Waals surface area contributed by atoms with E-state index >= 15 is 0 Å². The molecule has 3 aromatic rings. The third kappa shape index (κ3) is 4.94. The van der Waals surface area contributed by atoms with Gasteiger partial charge in [-0.15, -0.1) is 5.10 Å². The first kappa shape index (κ1) is 21.9. The Morgan fingerprint density at radius 3 is 2.75 bits per heavy atom. The Kier molecular flexibility index (Phi) is 6.76. The first-order chi connectivity index (χ1) is 15.5. The molecule has 32 heavy (non-hydrogen) atoms. The van der Waals surface area contributed by atoms with Crippen molar-refractivity contribution in [2.45, 2.75) is 44.7 Å². The highest BCUT2D eigenvalue weighted by molar-refractivity contribution is 6.30. The second-order valence-corrected chi connectivity index (χ2v) is 8.16. The summed E-state index contributed by atoms with van der Waals surface area (Å²) in [4.78, 5) is 15.1. The fraction of sp³-hybridized carbons (Fsp3) is 0.400. The predicted molar refractivity (Wildman–Crippen MR) is 118 cm³/mol. The lowest BCUT2D eigenvalue weighted by Crippen LogP contribution is -2.34. The number of carbonyl (C=O) groups excluding carboxylic acids is 1. The number of aromatic nitrogens is 5. The number of halogens is 1. The zero-order valence-electron chi connectivity index (χ0n) is 17.6. The van der Waals surface area contributed by atoms with E-state index < -0.39 is 5.91 Å². The number of anilines is 1. The molecule has 1 saturated carbocycles. The average molecular weight is 458 g/mol. The van der Waals surface area contributed by atoms with E-state index in [4.69, 9.17) is 22.0 Å². The van der Waals surface area contributed by atoms with Crippen molar-refractivity contribution in [1.82, 2.24) is 35.6 Å². The Morgan fingerprint density at radius 2 is 2.06 bits per heavy atom. The number of hydrogen-bond donors (Lipinski definition) is 2. The van der Waals surface area contributed by atoms with Crippen LogP contribution >= 0.6 is 11.6 Å². The van der Waals surface area contributed by atoms with Crippen LogP contribution in [0.2, 0.25) is 5.02 Å². The maximum Gasteiger partial charge on any atom is 0.293 e. The van der Waals surface area contributed by atoms with Crippen molar-refractivity contribution in [3.63, 3.8) is 0 Å². The Bertz CT molecular complexity index is 1090. The molecule has 2 aromatic heterocycles. The van der Waals surface area contributed by atoms with Gasteiger partial charge in [-0.3, -0.25) is 9.69 Å². The summed E-state index contributed by atoms with van der Waals surface area (Å²) in [6.45, 7) is 0.424. The standard InChI is InChI=1S/C20H24ClN9O2/c1-29(15-5-3-2-4-6-15)12-16-17(24-28-30(16)19-18(22)26-32-27-19)20(31)25-23-11-13-7-9-14(21)10-8-13/h7-11,15H,2-6,12H2,1H3,(H2,22,26)(H,25,31)/b23-11-. The molecule has 1 amide bonds. The first-order valence-electron chi connectivity index (χ1n) is 10.3. The Balaban J connectivity index is 1.56. The summed E-state index contributed by atoms with van der Waals surface area (Å²) in [5.41, 5.74) is 9.80. The van der Waals surface area contributed by atoms with E-state index in [2.05, 4.69) is 36.1 Å². The van der Waals surface area contributed by atoms with Gasteiger partial charge in [0.05, 0.1) is 11.9 Å². The van der Waals surface area contributed by atoms with Crippen molar-refractivity contribution in [2.24, 2.45) is 5.10 Å². The first-order valence-corrected chi connectivity index (χ1v) is 10.7. The molecule has 0 radical (unpaired) electrons. The molecule has 1 aliphatic rings. The van der Waals surface area contributed by atoms with Crippen LogP contribution in [-0.4, -0.2) is 55.4 Å². The fourth-order valence-corrected chi connectivity index (χ4v) is 3.91. The minimum absolute atomic E-state index is 0.0594. The molecule has 0 aliphatic heterocycles. The zero-order valence-corrected chi connectivity index (χ0v) is 18.4. The van der Waals surface area contributed by atoms with Crippen LogP contribution in [0, 0.1) is 0 Å². The zero-order chi connectivity index (χ0) is 22.5. The summed E-state index contributed by atoms with van der Waals surface area (Å²) >= 11 is 5.89. The van der Waals surface area contributed by atoms with Crippen LogP contribution in [0.25, 0.3) is 5.82 Å². The number of rotatable bonds is 7. The summed E-state index contributed by atoms with van der Waals surface area (Å²) in [5, 5.41) is 20.2. The minimum Gasteiger partial charge on any atom is -0.378 e. The highest BCUT2D eigenvalue weighted by Gasteiger charge is 2.27. The summed E-state index contributed by atoms with van der Waals surface area (Å²) in [7, 11) is 2.03. The number of nitrogens with zero attached hydrogens (tertiary/aromatic N) is 7. The van der Waals surface area contributed by atoms with E-state index in [-0.39, 0.29) is 17.3 Å².